The molecule has 1 N–H and O–H groups in total. The summed E-state index contributed by atoms with van der Waals surface area (Å²) in [7, 11) is 0. The number of thiophene rings is 1. The zero-order chi connectivity index (χ0) is 13.1. The molecular formula is C15H15NO2S. The molecule has 0 aliphatic carbocycles. The third kappa shape index (κ3) is 2.79. The van der Waals surface area contributed by atoms with Crippen molar-refractivity contribution in [2.75, 3.05) is 11.9 Å². The molecule has 0 radical (unpaired) electrons. The molecule has 19 heavy (non-hydrogen) atoms. The van der Waals surface area contributed by atoms with E-state index in [1.807, 2.05) is 29.6 Å². The molecule has 0 saturated heterocycles. The maximum Gasteiger partial charge on any atom is 0.224 e. The van der Waals surface area contributed by atoms with Crippen LogP contribution in [0.2, 0.25) is 0 Å². The van der Waals surface area contributed by atoms with Gasteiger partial charge >= 0.3 is 0 Å². The van der Waals surface area contributed by atoms with E-state index in [1.165, 1.54) is 10.4 Å². The first-order valence-corrected chi connectivity index (χ1v) is 7.28. The predicted molar refractivity (Wildman–Crippen MR) is 76.9 cm³/mol. The average Bonchev–Trinajstić information content (AvgIpc) is 3.08. The van der Waals surface area contributed by atoms with Crippen LogP contribution in [0.4, 0.5) is 5.69 Å². The minimum Gasteiger partial charge on any atom is -0.491 e. The van der Waals surface area contributed by atoms with E-state index in [-0.39, 0.29) is 5.91 Å². The molecule has 1 aliphatic heterocycles. The van der Waals surface area contributed by atoms with Crippen LogP contribution in [0.3, 0.4) is 0 Å². The number of nitrogens with one attached hydrogen (secondary N) is 1. The second-order valence-corrected chi connectivity index (χ2v) is 5.55. The van der Waals surface area contributed by atoms with Crippen molar-refractivity contribution in [3.8, 4) is 5.75 Å². The van der Waals surface area contributed by atoms with Crippen molar-refractivity contribution < 1.29 is 9.53 Å². The van der Waals surface area contributed by atoms with Crippen LogP contribution < -0.4 is 10.1 Å². The van der Waals surface area contributed by atoms with Crippen LogP contribution in [0.25, 0.3) is 0 Å². The molecule has 2 aromatic rings. The van der Waals surface area contributed by atoms with Crippen molar-refractivity contribution in [2.45, 2.75) is 19.3 Å². The van der Waals surface area contributed by atoms with Gasteiger partial charge in [0.05, 0.1) is 12.3 Å². The Bertz CT molecular complexity index is 578. The van der Waals surface area contributed by atoms with Crippen molar-refractivity contribution >= 4 is 22.9 Å². The van der Waals surface area contributed by atoms with E-state index >= 15 is 0 Å². The molecule has 1 aromatic carbocycles. The number of anilines is 1. The van der Waals surface area contributed by atoms with Crippen LogP contribution in [-0.2, 0) is 17.6 Å². The lowest BCUT2D eigenvalue weighted by molar-refractivity contribution is -0.116. The second-order valence-electron chi connectivity index (χ2n) is 4.52. The van der Waals surface area contributed by atoms with Crippen LogP contribution in [0, 0.1) is 0 Å². The quantitative estimate of drug-likeness (QED) is 0.928. The Morgan fingerprint density at radius 3 is 3.11 bits per heavy atom. The number of carbonyl (C=O) groups excluding carboxylic acids is 1. The number of aryl methyl sites for hydroxylation is 1. The number of benzene rings is 1. The molecular weight excluding hydrogens is 258 g/mol. The van der Waals surface area contributed by atoms with Crippen molar-refractivity contribution in [2.24, 2.45) is 0 Å². The van der Waals surface area contributed by atoms with E-state index in [2.05, 4.69) is 11.4 Å². The summed E-state index contributed by atoms with van der Waals surface area (Å²) in [5.41, 5.74) is 1.97. The highest BCUT2D eigenvalue weighted by atomic mass is 32.1. The highest BCUT2D eigenvalue weighted by Crippen LogP contribution is 2.33. The standard InChI is InChI=1S/C15H15NO2S/c17-14(7-6-12-4-2-10-19-12)16-13-5-1-3-11-8-9-18-15(11)13/h1-5,10H,6-9H2,(H,16,17). The topological polar surface area (TPSA) is 38.3 Å². The van der Waals surface area contributed by atoms with Crippen LogP contribution in [0.15, 0.2) is 35.7 Å². The zero-order valence-corrected chi connectivity index (χ0v) is 11.3. The number of para-hydroxylation sites is 1. The number of hydrogen-bond acceptors (Lipinski definition) is 3. The summed E-state index contributed by atoms with van der Waals surface area (Å²) in [6.07, 6.45) is 2.22. The molecule has 0 atom stereocenters. The van der Waals surface area contributed by atoms with Crippen molar-refractivity contribution in [1.29, 1.82) is 0 Å². The van der Waals surface area contributed by atoms with Gasteiger partial charge in [-0.1, -0.05) is 18.2 Å². The van der Waals surface area contributed by atoms with Gasteiger partial charge in [-0.15, -0.1) is 11.3 Å². The molecule has 0 saturated carbocycles. The van der Waals surface area contributed by atoms with E-state index in [0.717, 1.165) is 24.3 Å². The Kier molecular flexibility index (Phi) is 3.51. The molecule has 2 heterocycles. The third-order valence-corrected chi connectivity index (χ3v) is 4.10. The van der Waals surface area contributed by atoms with Gasteiger partial charge in [-0.05, 0) is 29.5 Å². The number of rotatable bonds is 4. The van der Waals surface area contributed by atoms with Gasteiger partial charge in [0.25, 0.3) is 0 Å². The van der Waals surface area contributed by atoms with E-state index in [0.29, 0.717) is 13.0 Å². The van der Waals surface area contributed by atoms with Gasteiger partial charge in [0.1, 0.15) is 5.75 Å². The average molecular weight is 273 g/mol. The Labute approximate surface area is 116 Å². The van der Waals surface area contributed by atoms with Crippen molar-refractivity contribution in [3.63, 3.8) is 0 Å². The summed E-state index contributed by atoms with van der Waals surface area (Å²) in [6.45, 7) is 0.706. The Morgan fingerprint density at radius 2 is 2.26 bits per heavy atom. The summed E-state index contributed by atoms with van der Waals surface area (Å²) in [5, 5.41) is 4.98. The van der Waals surface area contributed by atoms with Gasteiger partial charge in [0.2, 0.25) is 5.91 Å². The van der Waals surface area contributed by atoms with E-state index < -0.39 is 0 Å². The second kappa shape index (κ2) is 5.45. The Hall–Kier alpha value is -1.81. The first kappa shape index (κ1) is 12.2. The molecule has 3 rings (SSSR count). The van der Waals surface area contributed by atoms with Crippen LogP contribution in [0.5, 0.6) is 5.75 Å². The lowest BCUT2D eigenvalue weighted by Gasteiger charge is -2.09. The predicted octanol–water partition coefficient (Wildman–Crippen LogP) is 3.25. The largest absolute Gasteiger partial charge is 0.491 e. The molecule has 98 valence electrons. The van der Waals surface area contributed by atoms with Crippen LogP contribution >= 0.6 is 11.3 Å². The Morgan fingerprint density at radius 1 is 1.32 bits per heavy atom. The molecule has 0 bridgehead atoms. The summed E-state index contributed by atoms with van der Waals surface area (Å²) in [6, 6.07) is 9.97. The number of fused-ring (bicyclic) bond motifs is 1. The molecule has 0 fully saturated rings. The first-order chi connectivity index (χ1) is 9.33. The monoisotopic (exact) mass is 273 g/mol. The first-order valence-electron chi connectivity index (χ1n) is 6.40. The van der Waals surface area contributed by atoms with Gasteiger partial charge in [0.15, 0.2) is 0 Å². The van der Waals surface area contributed by atoms with Crippen molar-refractivity contribution in [1.82, 2.24) is 0 Å². The Balaban J connectivity index is 1.62. The molecule has 1 aromatic heterocycles. The smallest absolute Gasteiger partial charge is 0.224 e. The van der Waals surface area contributed by atoms with Gasteiger partial charge in [-0.2, -0.15) is 0 Å². The van der Waals surface area contributed by atoms with E-state index in [9.17, 15) is 4.79 Å². The lowest BCUT2D eigenvalue weighted by Crippen LogP contribution is -2.12. The molecule has 3 nitrogen and oxygen atoms in total. The van der Waals surface area contributed by atoms with Crippen molar-refractivity contribution in [3.05, 3.63) is 46.2 Å². The van der Waals surface area contributed by atoms with Crippen LogP contribution in [-0.4, -0.2) is 12.5 Å². The third-order valence-electron chi connectivity index (χ3n) is 3.17. The number of ether oxygens (including phenoxy) is 1. The maximum atomic E-state index is 11.9. The number of amides is 1. The molecule has 0 unspecified atom stereocenters. The SMILES string of the molecule is O=C(CCc1cccs1)Nc1cccc2c1OCC2. The van der Waals surface area contributed by atoms with Gasteiger partial charge in [-0.25, -0.2) is 0 Å². The molecule has 4 heteroatoms. The van der Waals surface area contributed by atoms with E-state index in [1.54, 1.807) is 11.3 Å². The van der Waals surface area contributed by atoms with E-state index in [4.69, 9.17) is 4.74 Å². The fraction of sp³-hybridized carbons (Fsp3) is 0.267. The lowest BCUT2D eigenvalue weighted by atomic mass is 10.1. The molecule has 1 amide bonds. The zero-order valence-electron chi connectivity index (χ0n) is 10.5. The van der Waals surface area contributed by atoms with Gasteiger partial charge in [-0.3, -0.25) is 4.79 Å². The normalized spacial score (nSPS) is 12.8. The molecule has 0 spiro atoms. The summed E-state index contributed by atoms with van der Waals surface area (Å²) in [5.74, 6) is 0.879. The maximum absolute atomic E-state index is 11.9. The highest BCUT2D eigenvalue weighted by Gasteiger charge is 2.17. The van der Waals surface area contributed by atoms with Crippen LogP contribution in [0.1, 0.15) is 16.9 Å². The summed E-state index contributed by atoms with van der Waals surface area (Å²) < 4.78 is 5.57. The minimum absolute atomic E-state index is 0.0392. The fourth-order valence-corrected chi connectivity index (χ4v) is 2.93. The summed E-state index contributed by atoms with van der Waals surface area (Å²) >= 11 is 1.69. The number of carbonyl (C=O) groups is 1. The number of hydrogen-bond donors (Lipinski definition) is 1. The fourth-order valence-electron chi connectivity index (χ4n) is 2.22. The molecule has 1 aliphatic rings. The minimum atomic E-state index is 0.0392. The summed E-state index contributed by atoms with van der Waals surface area (Å²) in [4.78, 5) is 13.2. The van der Waals surface area contributed by atoms with Gasteiger partial charge < -0.3 is 10.1 Å². The highest BCUT2D eigenvalue weighted by molar-refractivity contribution is 7.09. The van der Waals surface area contributed by atoms with Gasteiger partial charge in [0, 0.05) is 17.7 Å².